The summed E-state index contributed by atoms with van der Waals surface area (Å²) in [5, 5.41) is 2.27. The minimum absolute atomic E-state index is 0.265. The predicted molar refractivity (Wildman–Crippen MR) is 110 cm³/mol. The number of nitrogens with one attached hydrogen (secondary N) is 1. The second-order valence-electron chi connectivity index (χ2n) is 6.10. The smallest absolute Gasteiger partial charge is 0.294 e. The van der Waals surface area contributed by atoms with Gasteiger partial charge in [0, 0.05) is 11.3 Å². The van der Waals surface area contributed by atoms with Gasteiger partial charge in [-0.3, -0.25) is 19.3 Å². The zero-order chi connectivity index (χ0) is 20.1. The number of carbonyl (C=O) groups is 3. The number of imide groups is 1. The molecule has 144 valence electrons. The summed E-state index contributed by atoms with van der Waals surface area (Å²) >= 11 is 0.818. The molecule has 6 nitrogen and oxygen atoms in total. The van der Waals surface area contributed by atoms with Crippen LogP contribution >= 0.6 is 11.8 Å². The fraction of sp³-hybridized carbons (Fsp3) is 0.190. The summed E-state index contributed by atoms with van der Waals surface area (Å²) in [6.45, 7) is 3.90. The zero-order valence-corrected chi connectivity index (χ0v) is 16.4. The van der Waals surface area contributed by atoms with Crippen molar-refractivity contribution >= 4 is 40.6 Å². The molecule has 1 aliphatic heterocycles. The molecule has 3 rings (SSSR count). The first kappa shape index (κ1) is 19.7. The Morgan fingerprint density at radius 3 is 2.61 bits per heavy atom. The maximum Gasteiger partial charge on any atom is 0.294 e. The summed E-state index contributed by atoms with van der Waals surface area (Å²) in [7, 11) is 0. The highest BCUT2D eigenvalue weighted by molar-refractivity contribution is 8.18. The Labute approximate surface area is 167 Å². The van der Waals surface area contributed by atoms with E-state index >= 15 is 0 Å². The highest BCUT2D eigenvalue weighted by Crippen LogP contribution is 2.33. The lowest BCUT2D eigenvalue weighted by molar-refractivity contribution is -0.127. The van der Waals surface area contributed by atoms with Crippen LogP contribution in [-0.4, -0.2) is 35.1 Å². The van der Waals surface area contributed by atoms with E-state index in [1.54, 1.807) is 24.3 Å². The Hall–Kier alpha value is -3.06. The van der Waals surface area contributed by atoms with E-state index in [2.05, 4.69) is 5.32 Å². The van der Waals surface area contributed by atoms with Gasteiger partial charge in [-0.05, 0) is 49.4 Å². The molecule has 0 bridgehead atoms. The predicted octanol–water partition coefficient (Wildman–Crippen LogP) is 4.07. The number of anilines is 1. The Kier molecular flexibility index (Phi) is 6.16. The Balaban J connectivity index is 1.73. The molecule has 3 amide bonds. The SMILES string of the molecule is CCOc1ccccc1/C=C1/SC(=O)N(CC(=O)Nc2ccccc2C)C1=O. The van der Waals surface area contributed by atoms with Crippen LogP contribution in [-0.2, 0) is 9.59 Å². The number of benzene rings is 2. The molecule has 0 radical (unpaired) electrons. The number of para-hydroxylation sites is 2. The molecule has 28 heavy (non-hydrogen) atoms. The zero-order valence-electron chi connectivity index (χ0n) is 15.6. The molecule has 0 aromatic heterocycles. The summed E-state index contributed by atoms with van der Waals surface area (Å²) in [6, 6.07) is 14.6. The number of thioether (sulfide) groups is 1. The Morgan fingerprint density at radius 2 is 1.86 bits per heavy atom. The molecule has 0 atom stereocenters. The minimum atomic E-state index is -0.485. The van der Waals surface area contributed by atoms with Crippen LogP contribution in [0.5, 0.6) is 5.75 Å². The molecule has 2 aromatic rings. The molecule has 1 fully saturated rings. The topological polar surface area (TPSA) is 75.7 Å². The van der Waals surface area contributed by atoms with E-state index in [4.69, 9.17) is 4.74 Å². The summed E-state index contributed by atoms with van der Waals surface area (Å²) < 4.78 is 5.55. The van der Waals surface area contributed by atoms with Gasteiger partial charge in [-0.2, -0.15) is 0 Å². The van der Waals surface area contributed by atoms with Gasteiger partial charge in [-0.1, -0.05) is 36.4 Å². The number of carbonyl (C=O) groups excluding carboxylic acids is 3. The van der Waals surface area contributed by atoms with Gasteiger partial charge >= 0.3 is 0 Å². The largest absolute Gasteiger partial charge is 0.493 e. The van der Waals surface area contributed by atoms with Crippen molar-refractivity contribution in [3.63, 3.8) is 0 Å². The van der Waals surface area contributed by atoms with Crippen LogP contribution in [0, 0.1) is 6.92 Å². The van der Waals surface area contributed by atoms with Crippen molar-refractivity contribution < 1.29 is 19.1 Å². The van der Waals surface area contributed by atoms with Gasteiger partial charge in [0.25, 0.3) is 11.1 Å². The molecule has 0 spiro atoms. The molecule has 7 heteroatoms. The second kappa shape index (κ2) is 8.75. The van der Waals surface area contributed by atoms with Crippen molar-refractivity contribution in [2.24, 2.45) is 0 Å². The first-order valence-corrected chi connectivity index (χ1v) is 9.64. The number of ether oxygens (including phenoxy) is 1. The normalized spacial score (nSPS) is 15.2. The van der Waals surface area contributed by atoms with Crippen LogP contribution in [0.3, 0.4) is 0 Å². The van der Waals surface area contributed by atoms with Crippen molar-refractivity contribution in [1.82, 2.24) is 4.90 Å². The third-order valence-corrected chi connectivity index (χ3v) is 5.01. The van der Waals surface area contributed by atoms with Gasteiger partial charge in [0.1, 0.15) is 12.3 Å². The quantitative estimate of drug-likeness (QED) is 0.745. The molecule has 0 aliphatic carbocycles. The van der Waals surface area contributed by atoms with Gasteiger partial charge in [0.15, 0.2) is 0 Å². The third-order valence-electron chi connectivity index (χ3n) is 4.10. The second-order valence-corrected chi connectivity index (χ2v) is 7.09. The van der Waals surface area contributed by atoms with E-state index in [0.29, 0.717) is 23.6 Å². The first-order valence-electron chi connectivity index (χ1n) is 8.82. The number of amides is 3. The Morgan fingerprint density at radius 1 is 1.14 bits per heavy atom. The van der Waals surface area contributed by atoms with E-state index < -0.39 is 17.1 Å². The van der Waals surface area contributed by atoms with E-state index in [9.17, 15) is 14.4 Å². The van der Waals surface area contributed by atoms with Crippen molar-refractivity contribution in [3.05, 3.63) is 64.6 Å². The minimum Gasteiger partial charge on any atom is -0.493 e. The standard InChI is InChI=1S/C21H20N2O4S/c1-3-27-17-11-7-5-9-15(17)12-18-20(25)23(21(26)28-18)13-19(24)22-16-10-6-4-8-14(16)2/h4-12H,3,13H2,1-2H3,(H,22,24)/b18-12+. The summed E-state index contributed by atoms with van der Waals surface area (Å²) in [6.07, 6.45) is 1.62. The Bertz CT molecular complexity index is 955. The summed E-state index contributed by atoms with van der Waals surface area (Å²) in [5.41, 5.74) is 2.26. The molecular formula is C21H20N2O4S. The van der Waals surface area contributed by atoms with Crippen molar-refractivity contribution in [1.29, 1.82) is 0 Å². The van der Waals surface area contributed by atoms with Crippen molar-refractivity contribution in [3.8, 4) is 5.75 Å². The van der Waals surface area contributed by atoms with Crippen LogP contribution in [0.2, 0.25) is 0 Å². The first-order chi connectivity index (χ1) is 13.5. The monoisotopic (exact) mass is 396 g/mol. The number of hydrogen-bond donors (Lipinski definition) is 1. The molecular weight excluding hydrogens is 376 g/mol. The average molecular weight is 396 g/mol. The van der Waals surface area contributed by atoms with Crippen LogP contribution in [0.15, 0.2) is 53.4 Å². The number of aryl methyl sites for hydroxylation is 1. The number of hydrogen-bond acceptors (Lipinski definition) is 5. The fourth-order valence-electron chi connectivity index (χ4n) is 2.71. The molecule has 1 aliphatic rings. The van der Waals surface area contributed by atoms with Gasteiger partial charge in [-0.15, -0.1) is 0 Å². The van der Waals surface area contributed by atoms with Gasteiger partial charge in [0.2, 0.25) is 5.91 Å². The van der Waals surface area contributed by atoms with E-state index in [-0.39, 0.29) is 11.4 Å². The molecule has 1 N–H and O–H groups in total. The van der Waals surface area contributed by atoms with E-state index in [1.165, 1.54) is 0 Å². The molecule has 2 aromatic carbocycles. The number of nitrogens with zero attached hydrogens (tertiary/aromatic N) is 1. The highest BCUT2D eigenvalue weighted by Gasteiger charge is 2.36. The summed E-state index contributed by atoms with van der Waals surface area (Å²) in [5.74, 6) is -0.275. The van der Waals surface area contributed by atoms with Crippen molar-refractivity contribution in [2.45, 2.75) is 13.8 Å². The molecule has 1 heterocycles. The number of rotatable bonds is 6. The maximum absolute atomic E-state index is 12.6. The lowest BCUT2D eigenvalue weighted by atomic mass is 10.2. The maximum atomic E-state index is 12.6. The van der Waals surface area contributed by atoms with E-state index in [1.807, 2.05) is 44.2 Å². The van der Waals surface area contributed by atoms with Gasteiger partial charge < -0.3 is 10.1 Å². The lowest BCUT2D eigenvalue weighted by Crippen LogP contribution is -2.36. The molecule has 1 saturated heterocycles. The van der Waals surface area contributed by atoms with Crippen LogP contribution in [0.4, 0.5) is 10.5 Å². The summed E-state index contributed by atoms with van der Waals surface area (Å²) in [4.78, 5) is 38.4. The van der Waals surface area contributed by atoms with Crippen molar-refractivity contribution in [2.75, 3.05) is 18.5 Å². The third kappa shape index (κ3) is 4.43. The van der Waals surface area contributed by atoms with Crippen LogP contribution < -0.4 is 10.1 Å². The van der Waals surface area contributed by atoms with Gasteiger partial charge in [0.05, 0.1) is 11.5 Å². The molecule has 0 saturated carbocycles. The highest BCUT2D eigenvalue weighted by atomic mass is 32.2. The van der Waals surface area contributed by atoms with Crippen LogP contribution in [0.25, 0.3) is 6.08 Å². The van der Waals surface area contributed by atoms with E-state index in [0.717, 1.165) is 22.2 Å². The van der Waals surface area contributed by atoms with Gasteiger partial charge in [-0.25, -0.2) is 0 Å². The van der Waals surface area contributed by atoms with Crippen LogP contribution in [0.1, 0.15) is 18.1 Å². The fourth-order valence-corrected chi connectivity index (χ4v) is 3.54. The molecule has 0 unspecified atom stereocenters. The lowest BCUT2D eigenvalue weighted by Gasteiger charge is -2.13. The average Bonchev–Trinajstić information content (AvgIpc) is 2.93.